The topological polar surface area (TPSA) is 86.5 Å². The molecular formula is C21H21NO5. The first-order chi connectivity index (χ1) is 12.9. The van der Waals surface area contributed by atoms with Gasteiger partial charge in [-0.05, 0) is 19.4 Å². The Bertz CT molecular complexity index is 845. The van der Waals surface area contributed by atoms with Crippen LogP contribution in [-0.2, 0) is 9.53 Å². The number of allylic oxidation sites excluding steroid dienone is 1. The number of nitrogens with zero attached hydrogens (tertiary/aromatic N) is 1. The number of Topliss-reactive ketones (excluding diaryl/α,β-unsaturated/α-hetero) is 1. The largest absolute Gasteiger partial charge is 0.465 e. The van der Waals surface area contributed by atoms with Crippen LogP contribution in [0.2, 0.25) is 0 Å². The lowest BCUT2D eigenvalue weighted by molar-refractivity contribution is -0.384. The average Bonchev–Trinajstić information content (AvgIpc) is 2.69. The maximum Gasteiger partial charge on any atom is 0.320 e. The van der Waals surface area contributed by atoms with E-state index in [4.69, 9.17) is 4.74 Å². The number of carbonyl (C=O) groups is 2. The lowest BCUT2D eigenvalue weighted by atomic mass is 9.69. The fourth-order valence-corrected chi connectivity index (χ4v) is 3.04. The molecule has 0 heterocycles. The zero-order chi connectivity index (χ0) is 20.0. The molecule has 0 spiro atoms. The van der Waals surface area contributed by atoms with Crippen molar-refractivity contribution >= 4 is 17.4 Å². The van der Waals surface area contributed by atoms with E-state index in [9.17, 15) is 19.7 Å². The molecule has 0 aromatic heterocycles. The third-order valence-electron chi connectivity index (χ3n) is 4.53. The van der Waals surface area contributed by atoms with E-state index in [1.807, 2.05) is 0 Å². The van der Waals surface area contributed by atoms with Crippen molar-refractivity contribution in [1.29, 1.82) is 0 Å². The van der Waals surface area contributed by atoms with Gasteiger partial charge >= 0.3 is 5.97 Å². The Morgan fingerprint density at radius 1 is 1.19 bits per heavy atom. The first kappa shape index (κ1) is 20.0. The predicted octanol–water partition coefficient (Wildman–Crippen LogP) is 4.32. The van der Waals surface area contributed by atoms with E-state index in [0.717, 1.165) is 0 Å². The van der Waals surface area contributed by atoms with Crippen molar-refractivity contribution in [3.05, 3.63) is 88.5 Å². The van der Waals surface area contributed by atoms with E-state index in [-0.39, 0.29) is 12.3 Å². The van der Waals surface area contributed by atoms with Gasteiger partial charge in [0.25, 0.3) is 5.69 Å². The molecule has 0 bridgehead atoms. The average molecular weight is 367 g/mol. The Kier molecular flexibility index (Phi) is 6.23. The first-order valence-electron chi connectivity index (χ1n) is 8.50. The molecule has 27 heavy (non-hydrogen) atoms. The number of hydrogen-bond acceptors (Lipinski definition) is 5. The van der Waals surface area contributed by atoms with Crippen LogP contribution >= 0.6 is 0 Å². The van der Waals surface area contributed by atoms with Gasteiger partial charge in [-0.25, -0.2) is 0 Å². The molecule has 2 aromatic rings. The third-order valence-corrected chi connectivity index (χ3v) is 4.53. The minimum absolute atomic E-state index is 0.0752. The molecule has 0 amide bonds. The van der Waals surface area contributed by atoms with E-state index in [1.165, 1.54) is 37.3 Å². The zero-order valence-electron chi connectivity index (χ0n) is 15.3. The van der Waals surface area contributed by atoms with Crippen LogP contribution in [0.4, 0.5) is 5.69 Å². The van der Waals surface area contributed by atoms with Crippen LogP contribution in [0.3, 0.4) is 0 Å². The molecule has 0 unspecified atom stereocenters. The summed E-state index contributed by atoms with van der Waals surface area (Å²) in [6.45, 7) is 7.10. The summed E-state index contributed by atoms with van der Waals surface area (Å²) in [5.41, 5.74) is -0.694. The molecule has 0 aliphatic carbocycles. The van der Waals surface area contributed by atoms with Crippen molar-refractivity contribution in [3.8, 4) is 0 Å². The summed E-state index contributed by atoms with van der Waals surface area (Å²) in [6.07, 6.45) is 1.50. The molecule has 0 radical (unpaired) electrons. The van der Waals surface area contributed by atoms with E-state index in [1.54, 1.807) is 37.3 Å². The smallest absolute Gasteiger partial charge is 0.320 e. The van der Waals surface area contributed by atoms with E-state index in [0.29, 0.717) is 11.1 Å². The van der Waals surface area contributed by atoms with Gasteiger partial charge in [0.15, 0.2) is 5.78 Å². The van der Waals surface area contributed by atoms with Crippen molar-refractivity contribution in [3.63, 3.8) is 0 Å². The van der Waals surface area contributed by atoms with E-state index < -0.39 is 28.0 Å². The quantitative estimate of drug-likeness (QED) is 0.173. The van der Waals surface area contributed by atoms with Crippen LogP contribution in [0.15, 0.2) is 67.3 Å². The number of non-ortho nitro benzene ring substituents is 1. The Morgan fingerprint density at radius 2 is 1.78 bits per heavy atom. The second kappa shape index (κ2) is 8.40. The van der Waals surface area contributed by atoms with Crippen molar-refractivity contribution in [2.24, 2.45) is 5.41 Å². The van der Waals surface area contributed by atoms with E-state index >= 15 is 0 Å². The Balaban J connectivity index is 2.56. The summed E-state index contributed by atoms with van der Waals surface area (Å²) in [4.78, 5) is 36.5. The molecule has 0 aliphatic rings. The van der Waals surface area contributed by atoms with Gasteiger partial charge in [-0.2, -0.15) is 0 Å². The van der Waals surface area contributed by atoms with Gasteiger partial charge in [0.05, 0.1) is 11.5 Å². The Labute approximate surface area is 157 Å². The number of nitro benzene ring substituents is 1. The van der Waals surface area contributed by atoms with Gasteiger partial charge in [-0.3, -0.25) is 19.7 Å². The summed E-state index contributed by atoms with van der Waals surface area (Å²) in [7, 11) is 0. The van der Waals surface area contributed by atoms with Gasteiger partial charge in [-0.15, -0.1) is 6.58 Å². The molecular weight excluding hydrogens is 346 g/mol. The lowest BCUT2D eigenvalue weighted by Crippen LogP contribution is -2.42. The molecule has 2 rings (SSSR count). The van der Waals surface area contributed by atoms with Crippen LogP contribution in [-0.4, -0.2) is 23.3 Å². The molecule has 6 heteroatoms. The number of rotatable bonds is 8. The van der Waals surface area contributed by atoms with Gasteiger partial charge < -0.3 is 4.74 Å². The number of carbonyl (C=O) groups excluding carboxylic acids is 2. The van der Waals surface area contributed by atoms with Gasteiger partial charge in [-0.1, -0.05) is 48.5 Å². The number of ether oxygens (including phenoxy) is 1. The van der Waals surface area contributed by atoms with Crippen LogP contribution in [0.25, 0.3) is 0 Å². The van der Waals surface area contributed by atoms with Crippen molar-refractivity contribution < 1.29 is 19.2 Å². The highest BCUT2D eigenvalue weighted by atomic mass is 16.6. The van der Waals surface area contributed by atoms with Gasteiger partial charge in [0, 0.05) is 23.6 Å². The van der Waals surface area contributed by atoms with Crippen molar-refractivity contribution in [2.75, 3.05) is 6.61 Å². The highest BCUT2D eigenvalue weighted by molar-refractivity contribution is 6.13. The fraction of sp³-hybridized carbons (Fsp3) is 0.238. The van der Waals surface area contributed by atoms with E-state index in [2.05, 4.69) is 6.58 Å². The standard InChI is InChI=1S/C21H21NO5/c1-4-18(15-11-13-17(14-12-15)22(25)26)21(3,20(24)27-5-2)19(23)16-9-7-6-8-10-16/h4,6-14,18H,1,5H2,2-3H3/t18-,21+/m0/s1. The first-order valence-corrected chi connectivity index (χ1v) is 8.50. The highest BCUT2D eigenvalue weighted by Crippen LogP contribution is 2.41. The second-order valence-corrected chi connectivity index (χ2v) is 6.18. The van der Waals surface area contributed by atoms with Gasteiger partial charge in [0.1, 0.15) is 5.41 Å². The molecule has 2 aromatic carbocycles. The summed E-state index contributed by atoms with van der Waals surface area (Å²) in [6, 6.07) is 14.2. The molecule has 0 saturated heterocycles. The van der Waals surface area contributed by atoms with Crippen molar-refractivity contribution in [2.45, 2.75) is 19.8 Å². The lowest BCUT2D eigenvalue weighted by Gasteiger charge is -2.32. The Hall–Kier alpha value is -3.28. The third kappa shape index (κ3) is 3.95. The SMILES string of the molecule is C=C[C@@H](c1ccc([N+](=O)[O-])cc1)[C@@](C)(C(=O)OCC)C(=O)c1ccccc1. The summed E-state index contributed by atoms with van der Waals surface area (Å²) in [5, 5.41) is 10.9. The Morgan fingerprint density at radius 3 is 2.26 bits per heavy atom. The maximum atomic E-state index is 13.3. The molecule has 0 N–H and O–H groups in total. The molecule has 0 saturated carbocycles. The molecule has 0 aliphatic heterocycles. The predicted molar refractivity (Wildman–Crippen MR) is 102 cm³/mol. The summed E-state index contributed by atoms with van der Waals surface area (Å²) >= 11 is 0. The number of esters is 1. The number of hydrogen-bond donors (Lipinski definition) is 0. The fourth-order valence-electron chi connectivity index (χ4n) is 3.04. The summed E-state index contributed by atoms with van der Waals surface area (Å²) < 4.78 is 5.20. The minimum atomic E-state index is -1.56. The second-order valence-electron chi connectivity index (χ2n) is 6.18. The van der Waals surface area contributed by atoms with Crippen LogP contribution < -0.4 is 0 Å². The zero-order valence-corrected chi connectivity index (χ0v) is 15.3. The van der Waals surface area contributed by atoms with Crippen LogP contribution in [0.1, 0.15) is 35.7 Å². The highest BCUT2D eigenvalue weighted by Gasteiger charge is 2.49. The molecule has 6 nitrogen and oxygen atoms in total. The van der Waals surface area contributed by atoms with Crippen molar-refractivity contribution in [1.82, 2.24) is 0 Å². The number of benzene rings is 2. The molecule has 0 fully saturated rings. The summed E-state index contributed by atoms with van der Waals surface area (Å²) in [5.74, 6) is -1.78. The van der Waals surface area contributed by atoms with Gasteiger partial charge in [0.2, 0.25) is 0 Å². The van der Waals surface area contributed by atoms with Crippen LogP contribution in [0, 0.1) is 15.5 Å². The molecule has 2 atom stereocenters. The van der Waals surface area contributed by atoms with Crippen LogP contribution in [0.5, 0.6) is 0 Å². The monoisotopic (exact) mass is 367 g/mol. The minimum Gasteiger partial charge on any atom is -0.465 e. The molecule has 140 valence electrons. The maximum absolute atomic E-state index is 13.3. The normalized spacial score (nSPS) is 13.9. The number of ketones is 1. The number of nitro groups is 1.